The van der Waals surface area contributed by atoms with Gasteiger partial charge in [0.25, 0.3) is 17.7 Å². The Morgan fingerprint density at radius 3 is 2.06 bits per heavy atom. The maximum absolute atomic E-state index is 12.9. The Kier molecular flexibility index (Phi) is 5.99. The van der Waals surface area contributed by atoms with E-state index in [1.165, 1.54) is 4.90 Å². The third-order valence-electron chi connectivity index (χ3n) is 5.57. The van der Waals surface area contributed by atoms with E-state index >= 15 is 0 Å². The van der Waals surface area contributed by atoms with Crippen LogP contribution in [0.25, 0.3) is 0 Å². The minimum atomic E-state index is -0.479. The molecule has 172 valence electrons. The Morgan fingerprint density at radius 2 is 1.37 bits per heavy atom. The first-order valence-corrected chi connectivity index (χ1v) is 11.6. The summed E-state index contributed by atoms with van der Waals surface area (Å²) in [5, 5.41) is 11.6. The third-order valence-corrected chi connectivity index (χ3v) is 6.47. The van der Waals surface area contributed by atoms with Crippen molar-refractivity contribution in [3.63, 3.8) is 0 Å². The van der Waals surface area contributed by atoms with Gasteiger partial charge in [-0.3, -0.25) is 29.4 Å². The van der Waals surface area contributed by atoms with Crippen LogP contribution in [0.15, 0.2) is 78.9 Å². The van der Waals surface area contributed by atoms with Crippen LogP contribution >= 0.6 is 11.3 Å². The summed E-state index contributed by atoms with van der Waals surface area (Å²) in [6.45, 7) is 0.156. The van der Waals surface area contributed by atoms with Crippen LogP contribution in [0.3, 0.4) is 0 Å². The number of anilines is 1. The average molecular weight is 483 g/mol. The lowest BCUT2D eigenvalue weighted by Gasteiger charge is -2.12. The second-order valence-corrected chi connectivity index (χ2v) is 8.82. The number of nitrogens with one attached hydrogen (secondary N) is 1. The van der Waals surface area contributed by atoms with E-state index in [9.17, 15) is 19.2 Å². The van der Waals surface area contributed by atoms with Gasteiger partial charge in [0.15, 0.2) is 5.78 Å². The van der Waals surface area contributed by atoms with Crippen LogP contribution in [0.1, 0.15) is 52.0 Å². The molecule has 3 aromatic carbocycles. The maximum atomic E-state index is 12.9. The van der Waals surface area contributed by atoms with Crippen LogP contribution < -0.4 is 5.32 Å². The van der Waals surface area contributed by atoms with Crippen LogP contribution in [0.5, 0.6) is 0 Å². The molecule has 8 nitrogen and oxygen atoms in total. The van der Waals surface area contributed by atoms with Gasteiger partial charge in [-0.05, 0) is 18.2 Å². The molecule has 35 heavy (non-hydrogen) atoms. The molecule has 0 radical (unpaired) electrons. The molecule has 0 fully saturated rings. The number of nitrogens with zero attached hydrogens (tertiary/aromatic N) is 3. The van der Waals surface area contributed by atoms with E-state index in [1.807, 2.05) is 6.07 Å². The van der Waals surface area contributed by atoms with Crippen LogP contribution in [-0.2, 0) is 6.42 Å². The molecule has 1 aromatic heterocycles. The minimum Gasteiger partial charge on any atom is -0.296 e. The lowest BCUT2D eigenvalue weighted by Crippen LogP contribution is -2.31. The van der Waals surface area contributed by atoms with Gasteiger partial charge in [0, 0.05) is 24.1 Å². The lowest BCUT2D eigenvalue weighted by molar-refractivity contribution is 0.0655. The lowest BCUT2D eigenvalue weighted by atomic mass is 9.98. The van der Waals surface area contributed by atoms with E-state index in [2.05, 4.69) is 15.5 Å². The number of rotatable bonds is 7. The molecule has 1 aliphatic rings. The summed E-state index contributed by atoms with van der Waals surface area (Å²) in [5.74, 6) is -1.39. The van der Waals surface area contributed by atoms with Crippen LogP contribution in [0.2, 0.25) is 0 Å². The topological polar surface area (TPSA) is 109 Å². The smallest absolute Gasteiger partial charge is 0.261 e. The van der Waals surface area contributed by atoms with E-state index in [0.717, 1.165) is 11.3 Å². The number of benzene rings is 3. The SMILES string of the molecule is O=C(Nc1nnc(CCN2C(=O)c3ccccc3C2=O)s1)c1ccccc1C(=O)c1ccccc1. The van der Waals surface area contributed by atoms with Crippen molar-refractivity contribution in [2.75, 3.05) is 11.9 Å². The molecule has 3 amide bonds. The molecule has 0 spiro atoms. The molecular formula is C26H18N4O4S. The highest BCUT2D eigenvalue weighted by Crippen LogP contribution is 2.24. The van der Waals surface area contributed by atoms with Gasteiger partial charge in [-0.15, -0.1) is 10.2 Å². The first kappa shape index (κ1) is 22.3. The predicted molar refractivity (Wildman–Crippen MR) is 130 cm³/mol. The van der Waals surface area contributed by atoms with Gasteiger partial charge in [-0.1, -0.05) is 72.0 Å². The normalized spacial score (nSPS) is 12.5. The van der Waals surface area contributed by atoms with Crippen LogP contribution in [0.4, 0.5) is 5.13 Å². The van der Waals surface area contributed by atoms with Gasteiger partial charge >= 0.3 is 0 Å². The second-order valence-electron chi connectivity index (χ2n) is 7.75. The zero-order chi connectivity index (χ0) is 24.4. The number of fused-ring (bicyclic) bond motifs is 1. The molecule has 0 saturated carbocycles. The Morgan fingerprint density at radius 1 is 0.771 bits per heavy atom. The molecule has 9 heteroatoms. The van der Waals surface area contributed by atoms with Gasteiger partial charge < -0.3 is 0 Å². The predicted octanol–water partition coefficient (Wildman–Crippen LogP) is 3.86. The molecule has 4 aromatic rings. The molecule has 1 aliphatic heterocycles. The Labute approximate surface area is 204 Å². The molecular weight excluding hydrogens is 464 g/mol. The van der Waals surface area contributed by atoms with Gasteiger partial charge in [-0.2, -0.15) is 0 Å². The third kappa shape index (κ3) is 4.36. The van der Waals surface area contributed by atoms with Gasteiger partial charge in [0.2, 0.25) is 5.13 Å². The molecule has 1 N–H and O–H groups in total. The number of amides is 3. The molecule has 0 bridgehead atoms. The summed E-state index contributed by atoms with van der Waals surface area (Å²) >= 11 is 1.15. The molecule has 2 heterocycles. The molecule has 0 unspecified atom stereocenters. The van der Waals surface area contributed by atoms with Crippen molar-refractivity contribution in [1.82, 2.24) is 15.1 Å². The van der Waals surface area contributed by atoms with Gasteiger partial charge in [0.1, 0.15) is 5.01 Å². The molecule has 0 aliphatic carbocycles. The summed E-state index contributed by atoms with van der Waals surface area (Å²) in [5.41, 5.74) is 1.78. The number of ketones is 1. The monoisotopic (exact) mass is 482 g/mol. The Bertz CT molecular complexity index is 1430. The fourth-order valence-electron chi connectivity index (χ4n) is 3.84. The Hall–Kier alpha value is -4.50. The van der Waals surface area contributed by atoms with Crippen molar-refractivity contribution in [2.24, 2.45) is 0 Å². The number of hydrogen-bond acceptors (Lipinski definition) is 7. The summed E-state index contributed by atoms with van der Waals surface area (Å²) in [6.07, 6.45) is 0.308. The largest absolute Gasteiger partial charge is 0.296 e. The zero-order valence-corrected chi connectivity index (χ0v) is 19.1. The fraction of sp³-hybridized carbons (Fsp3) is 0.0769. The number of aromatic nitrogens is 2. The molecule has 5 rings (SSSR count). The minimum absolute atomic E-state index is 0.156. The maximum Gasteiger partial charge on any atom is 0.261 e. The summed E-state index contributed by atoms with van der Waals surface area (Å²) < 4.78 is 0. The number of hydrogen-bond donors (Lipinski definition) is 1. The highest BCUT2D eigenvalue weighted by atomic mass is 32.1. The molecule has 0 atom stereocenters. The van der Waals surface area contributed by atoms with Crippen molar-refractivity contribution >= 4 is 40.0 Å². The van der Waals surface area contributed by atoms with E-state index in [4.69, 9.17) is 0 Å². The van der Waals surface area contributed by atoms with Crippen molar-refractivity contribution in [3.05, 3.63) is 112 Å². The van der Waals surface area contributed by atoms with Crippen molar-refractivity contribution in [2.45, 2.75) is 6.42 Å². The summed E-state index contributed by atoms with van der Waals surface area (Å²) in [6, 6.07) is 22.0. The zero-order valence-electron chi connectivity index (χ0n) is 18.3. The van der Waals surface area contributed by atoms with E-state index in [-0.39, 0.29) is 40.4 Å². The first-order chi connectivity index (χ1) is 17.0. The number of carbonyl (C=O) groups is 4. The summed E-state index contributed by atoms with van der Waals surface area (Å²) in [4.78, 5) is 52.1. The van der Waals surface area contributed by atoms with Crippen molar-refractivity contribution < 1.29 is 19.2 Å². The van der Waals surface area contributed by atoms with E-state index in [0.29, 0.717) is 28.1 Å². The number of carbonyl (C=O) groups excluding carboxylic acids is 4. The second kappa shape index (κ2) is 9.40. The quantitative estimate of drug-likeness (QED) is 0.316. The van der Waals surface area contributed by atoms with E-state index in [1.54, 1.807) is 72.8 Å². The number of imide groups is 1. The first-order valence-electron chi connectivity index (χ1n) is 10.8. The fourth-order valence-corrected chi connectivity index (χ4v) is 4.57. The van der Waals surface area contributed by atoms with Crippen molar-refractivity contribution in [3.8, 4) is 0 Å². The summed E-state index contributed by atoms with van der Waals surface area (Å²) in [7, 11) is 0. The Balaban J connectivity index is 1.26. The molecule has 0 saturated heterocycles. The highest BCUT2D eigenvalue weighted by Gasteiger charge is 2.34. The van der Waals surface area contributed by atoms with E-state index < -0.39 is 5.91 Å². The standard InChI is InChI=1S/C26H18N4O4S/c31-22(16-8-2-1-3-9-16)17-10-4-5-11-18(17)23(32)27-26-29-28-21(35-26)14-15-30-24(33)19-12-6-7-13-20(19)25(30)34/h1-13H,14-15H2,(H,27,29,32). The van der Waals surface area contributed by atoms with Crippen LogP contribution in [0, 0.1) is 0 Å². The van der Waals surface area contributed by atoms with Gasteiger partial charge in [-0.25, -0.2) is 0 Å². The van der Waals surface area contributed by atoms with Gasteiger partial charge in [0.05, 0.1) is 16.7 Å². The average Bonchev–Trinajstić information content (AvgIpc) is 3.44. The highest BCUT2D eigenvalue weighted by molar-refractivity contribution is 7.15. The van der Waals surface area contributed by atoms with Crippen molar-refractivity contribution in [1.29, 1.82) is 0 Å². The van der Waals surface area contributed by atoms with Crippen LogP contribution in [-0.4, -0.2) is 45.1 Å².